The third kappa shape index (κ3) is 6.29. The van der Waals surface area contributed by atoms with Gasteiger partial charge in [-0.25, -0.2) is 28.6 Å². The lowest BCUT2D eigenvalue weighted by Gasteiger charge is -2.37. The van der Waals surface area contributed by atoms with E-state index >= 15 is 0 Å². The van der Waals surface area contributed by atoms with Crippen LogP contribution in [0.25, 0.3) is 16.6 Å². The minimum absolute atomic E-state index is 0.150. The Morgan fingerprint density at radius 3 is 2.52 bits per heavy atom. The van der Waals surface area contributed by atoms with Crippen molar-refractivity contribution < 1.29 is 28.6 Å². The van der Waals surface area contributed by atoms with Crippen LogP contribution in [0.3, 0.4) is 0 Å². The van der Waals surface area contributed by atoms with E-state index in [2.05, 4.69) is 20.4 Å². The Morgan fingerprint density at radius 1 is 1.12 bits per heavy atom. The zero-order chi connectivity index (χ0) is 30.0. The minimum atomic E-state index is -1.61. The SMILES string of the molecule is CC(C)(C)OC(=O)N1CCC(N(C(=O)C(=O)O)c2ccc3cnc(Nc4ccc(-n5cccn5)cc4F)cc3n2)CC1. The van der Waals surface area contributed by atoms with Gasteiger partial charge in [0.05, 0.1) is 16.9 Å². The van der Waals surface area contributed by atoms with Crippen molar-refractivity contribution in [1.82, 2.24) is 24.6 Å². The van der Waals surface area contributed by atoms with Crippen molar-refractivity contribution in [2.24, 2.45) is 0 Å². The smallest absolute Gasteiger partial charge is 0.410 e. The summed E-state index contributed by atoms with van der Waals surface area (Å²) in [6, 6.07) is 10.7. The number of nitrogens with zero attached hydrogens (tertiary/aromatic N) is 6. The van der Waals surface area contributed by atoms with Gasteiger partial charge >= 0.3 is 18.0 Å². The number of halogens is 1. The van der Waals surface area contributed by atoms with Crippen LogP contribution in [0.15, 0.2) is 61.1 Å². The first-order chi connectivity index (χ1) is 20.0. The van der Waals surface area contributed by atoms with Gasteiger partial charge in [0.1, 0.15) is 23.1 Å². The minimum Gasteiger partial charge on any atom is -0.474 e. The molecule has 218 valence electrons. The van der Waals surface area contributed by atoms with Crippen molar-refractivity contribution in [1.29, 1.82) is 0 Å². The van der Waals surface area contributed by atoms with E-state index in [4.69, 9.17) is 4.74 Å². The van der Waals surface area contributed by atoms with Crippen molar-refractivity contribution in [3.63, 3.8) is 0 Å². The van der Waals surface area contributed by atoms with Crippen molar-refractivity contribution >= 4 is 46.2 Å². The molecular weight excluding hydrogens is 545 g/mol. The summed E-state index contributed by atoms with van der Waals surface area (Å²) in [6.45, 7) is 5.92. The Balaban J connectivity index is 1.37. The molecule has 1 saturated heterocycles. The normalized spacial score (nSPS) is 14.0. The summed E-state index contributed by atoms with van der Waals surface area (Å²) in [5, 5.41) is 17.3. The molecule has 1 aliphatic heterocycles. The topological polar surface area (TPSA) is 143 Å². The molecule has 0 bridgehead atoms. The summed E-state index contributed by atoms with van der Waals surface area (Å²) in [5.74, 6) is -2.79. The maximum absolute atomic E-state index is 14.9. The molecule has 0 radical (unpaired) electrons. The predicted octanol–water partition coefficient (Wildman–Crippen LogP) is 4.52. The fraction of sp³-hybridized carbons (Fsp3) is 0.310. The van der Waals surface area contributed by atoms with Crippen LogP contribution in [0.2, 0.25) is 0 Å². The fourth-order valence-electron chi connectivity index (χ4n) is 4.71. The highest BCUT2D eigenvalue weighted by molar-refractivity contribution is 6.37. The number of hydrogen-bond acceptors (Lipinski definition) is 8. The number of rotatable bonds is 5. The van der Waals surface area contributed by atoms with Gasteiger partial charge in [0.15, 0.2) is 0 Å². The molecule has 3 aromatic heterocycles. The molecule has 4 aromatic rings. The molecule has 2 N–H and O–H groups in total. The van der Waals surface area contributed by atoms with Crippen LogP contribution in [0.4, 0.5) is 26.5 Å². The second-order valence-electron chi connectivity index (χ2n) is 10.9. The standard InChI is InChI=1S/C29H30FN7O5/c1-29(2,3)42-28(41)35-13-9-19(10-14-35)37(26(38)27(39)40)25-8-5-18-17-31-24(16-23(18)34-25)33-22-7-6-20(15-21(22)30)36-12-4-11-32-36/h4-8,11-12,15-17,19H,9-10,13-14H2,1-3H3,(H,31,33)(H,39,40). The number of pyridine rings is 2. The zero-order valence-corrected chi connectivity index (χ0v) is 23.3. The van der Waals surface area contributed by atoms with Gasteiger partial charge in [0.2, 0.25) is 0 Å². The van der Waals surface area contributed by atoms with Crippen LogP contribution in [0.5, 0.6) is 0 Å². The monoisotopic (exact) mass is 575 g/mol. The molecule has 42 heavy (non-hydrogen) atoms. The molecule has 1 aliphatic rings. The predicted molar refractivity (Wildman–Crippen MR) is 152 cm³/mol. The summed E-state index contributed by atoms with van der Waals surface area (Å²) in [6.07, 6.45) is 5.08. The second kappa shape index (κ2) is 11.4. The van der Waals surface area contributed by atoms with Gasteiger partial charge in [-0.3, -0.25) is 9.69 Å². The van der Waals surface area contributed by atoms with Gasteiger partial charge in [0.25, 0.3) is 0 Å². The van der Waals surface area contributed by atoms with E-state index in [1.165, 1.54) is 10.7 Å². The third-order valence-corrected chi connectivity index (χ3v) is 6.67. The van der Waals surface area contributed by atoms with E-state index in [9.17, 15) is 23.9 Å². The van der Waals surface area contributed by atoms with E-state index in [1.54, 1.807) is 80.7 Å². The molecule has 0 aliphatic carbocycles. The van der Waals surface area contributed by atoms with Crippen LogP contribution < -0.4 is 10.2 Å². The maximum Gasteiger partial charge on any atom is 0.410 e. The molecule has 1 aromatic carbocycles. The lowest BCUT2D eigenvalue weighted by molar-refractivity contribution is -0.149. The van der Waals surface area contributed by atoms with Crippen LogP contribution >= 0.6 is 0 Å². The summed E-state index contributed by atoms with van der Waals surface area (Å²) in [5.41, 5.74) is 0.522. The van der Waals surface area contributed by atoms with E-state index in [-0.39, 0.29) is 11.5 Å². The number of carbonyl (C=O) groups excluding carboxylic acids is 2. The van der Waals surface area contributed by atoms with Gasteiger partial charge in [-0.1, -0.05) is 0 Å². The van der Waals surface area contributed by atoms with Crippen molar-refractivity contribution in [2.45, 2.75) is 45.3 Å². The van der Waals surface area contributed by atoms with Gasteiger partial charge < -0.3 is 20.1 Å². The number of benzene rings is 1. The van der Waals surface area contributed by atoms with Crippen LogP contribution in [0.1, 0.15) is 33.6 Å². The highest BCUT2D eigenvalue weighted by atomic mass is 19.1. The number of hydrogen-bond donors (Lipinski definition) is 2. The number of carboxylic acid groups (broad SMARTS) is 1. The van der Waals surface area contributed by atoms with E-state index in [0.29, 0.717) is 48.3 Å². The highest BCUT2D eigenvalue weighted by Crippen LogP contribution is 2.28. The van der Waals surface area contributed by atoms with E-state index in [1.807, 2.05) is 0 Å². The number of fused-ring (bicyclic) bond motifs is 1. The first-order valence-electron chi connectivity index (χ1n) is 13.4. The van der Waals surface area contributed by atoms with Crippen LogP contribution in [-0.4, -0.2) is 72.5 Å². The number of ether oxygens (including phenoxy) is 1. The van der Waals surface area contributed by atoms with Gasteiger partial charge in [0, 0.05) is 55.2 Å². The Hall–Kier alpha value is -5.07. The van der Waals surface area contributed by atoms with E-state index in [0.717, 1.165) is 4.90 Å². The van der Waals surface area contributed by atoms with Gasteiger partial charge in [-0.05, 0) is 63.9 Å². The van der Waals surface area contributed by atoms with Gasteiger partial charge in [-0.2, -0.15) is 5.10 Å². The number of nitrogens with one attached hydrogen (secondary N) is 1. The quantitative estimate of drug-likeness (QED) is 0.329. The molecule has 0 unspecified atom stereocenters. The van der Waals surface area contributed by atoms with Gasteiger partial charge in [-0.15, -0.1) is 0 Å². The summed E-state index contributed by atoms with van der Waals surface area (Å²) in [4.78, 5) is 48.7. The third-order valence-electron chi connectivity index (χ3n) is 6.67. The van der Waals surface area contributed by atoms with Crippen molar-refractivity contribution in [2.75, 3.05) is 23.3 Å². The first-order valence-corrected chi connectivity index (χ1v) is 13.4. The largest absolute Gasteiger partial charge is 0.474 e. The Kier molecular flexibility index (Phi) is 7.74. The van der Waals surface area contributed by atoms with Crippen LogP contribution in [-0.2, 0) is 14.3 Å². The fourth-order valence-corrected chi connectivity index (χ4v) is 4.71. The molecule has 1 fully saturated rings. The average molecular weight is 576 g/mol. The molecule has 0 saturated carbocycles. The lowest BCUT2D eigenvalue weighted by Crippen LogP contribution is -2.51. The van der Waals surface area contributed by atoms with Crippen molar-refractivity contribution in [3.05, 3.63) is 66.9 Å². The number of aliphatic carboxylic acids is 1. The summed E-state index contributed by atoms with van der Waals surface area (Å²) in [7, 11) is 0. The number of carboxylic acids is 1. The van der Waals surface area contributed by atoms with E-state index < -0.39 is 35.4 Å². The number of likely N-dealkylation sites (tertiary alicyclic amines) is 1. The molecule has 5 rings (SSSR count). The summed E-state index contributed by atoms with van der Waals surface area (Å²) < 4.78 is 21.8. The number of carbonyl (C=O) groups is 3. The Labute approximate surface area is 240 Å². The highest BCUT2D eigenvalue weighted by Gasteiger charge is 2.35. The Morgan fingerprint density at radius 2 is 1.88 bits per heavy atom. The molecule has 0 atom stereocenters. The molecule has 12 nitrogen and oxygen atoms in total. The molecule has 4 heterocycles. The van der Waals surface area contributed by atoms with Crippen LogP contribution in [0, 0.1) is 5.82 Å². The Bertz CT molecular complexity index is 1630. The maximum atomic E-state index is 14.9. The number of anilines is 3. The lowest BCUT2D eigenvalue weighted by atomic mass is 10.0. The molecular formula is C29H30FN7O5. The zero-order valence-electron chi connectivity index (χ0n) is 23.3. The molecule has 2 amide bonds. The average Bonchev–Trinajstić information content (AvgIpc) is 3.49. The molecule has 0 spiro atoms. The van der Waals surface area contributed by atoms with Crippen molar-refractivity contribution in [3.8, 4) is 5.69 Å². The second-order valence-corrected chi connectivity index (χ2v) is 10.9. The molecule has 13 heteroatoms. The number of aromatic nitrogens is 4. The number of piperidine rings is 1. The number of amides is 2. The first kappa shape index (κ1) is 28.5. The summed E-state index contributed by atoms with van der Waals surface area (Å²) >= 11 is 0.